The predicted octanol–water partition coefficient (Wildman–Crippen LogP) is 3.55. The maximum Gasteiger partial charge on any atom is 0.306 e. The van der Waals surface area contributed by atoms with E-state index in [1.807, 2.05) is 0 Å². The molecule has 0 amide bonds. The largest absolute Gasteiger partial charge is 0.481 e. The number of aryl methyl sites for hydroxylation is 2. The number of rotatable bonds is 3. The fraction of sp³-hybridized carbons (Fsp3) is 0.588. The Balaban J connectivity index is 2.15. The fourth-order valence-electron chi connectivity index (χ4n) is 3.38. The molecule has 2 rings (SSSR count). The summed E-state index contributed by atoms with van der Waals surface area (Å²) in [5, 5.41) is 9.16. The Morgan fingerprint density at radius 2 is 2.10 bits per heavy atom. The van der Waals surface area contributed by atoms with Crippen LogP contribution in [0.15, 0.2) is 18.2 Å². The molecule has 0 bridgehead atoms. The number of hydrogen-bond acceptors (Lipinski definition) is 2. The number of carboxylic acid groups (broad SMARTS) is 1. The molecule has 1 aromatic rings. The third-order valence-electron chi connectivity index (χ3n) is 4.66. The highest BCUT2D eigenvalue weighted by molar-refractivity contribution is 5.70. The van der Waals surface area contributed by atoms with Gasteiger partial charge in [-0.05, 0) is 58.2 Å². The molecule has 0 radical (unpaired) electrons. The number of likely N-dealkylation sites (tertiary alicyclic amines) is 1. The highest BCUT2D eigenvalue weighted by atomic mass is 16.4. The van der Waals surface area contributed by atoms with E-state index in [0.717, 1.165) is 19.4 Å². The maximum atomic E-state index is 11.1. The van der Waals surface area contributed by atoms with Crippen molar-refractivity contribution in [1.29, 1.82) is 0 Å². The smallest absolute Gasteiger partial charge is 0.306 e. The van der Waals surface area contributed by atoms with Gasteiger partial charge in [0.05, 0.1) is 5.92 Å². The molecule has 110 valence electrons. The molecule has 1 aliphatic rings. The molecule has 3 heteroatoms. The van der Waals surface area contributed by atoms with Gasteiger partial charge in [0.25, 0.3) is 0 Å². The minimum atomic E-state index is -0.643. The highest BCUT2D eigenvalue weighted by Gasteiger charge is 2.32. The molecule has 0 saturated carbocycles. The summed E-state index contributed by atoms with van der Waals surface area (Å²) in [5.41, 5.74) is 3.96. The van der Waals surface area contributed by atoms with Gasteiger partial charge in [-0.3, -0.25) is 9.69 Å². The molecule has 0 spiro atoms. The Labute approximate surface area is 121 Å². The van der Waals surface area contributed by atoms with E-state index >= 15 is 0 Å². The zero-order valence-electron chi connectivity index (χ0n) is 12.9. The molecule has 3 unspecified atom stereocenters. The maximum absolute atomic E-state index is 11.1. The minimum Gasteiger partial charge on any atom is -0.481 e. The Bertz CT molecular complexity index is 498. The Morgan fingerprint density at radius 3 is 2.70 bits per heavy atom. The number of hydrogen-bond donors (Lipinski definition) is 1. The fourth-order valence-corrected chi connectivity index (χ4v) is 3.38. The molecular weight excluding hydrogens is 250 g/mol. The summed E-state index contributed by atoms with van der Waals surface area (Å²) in [6.45, 7) is 9.53. The summed E-state index contributed by atoms with van der Waals surface area (Å²) >= 11 is 0. The summed E-state index contributed by atoms with van der Waals surface area (Å²) in [6.07, 6.45) is 1.51. The minimum absolute atomic E-state index is 0.174. The summed E-state index contributed by atoms with van der Waals surface area (Å²) in [5.74, 6) is -0.817. The SMILES string of the molecule is Cc1ccc(C)c(C(C)N2CCC(C(=O)O)CC2C)c1. The van der Waals surface area contributed by atoms with Crippen LogP contribution in [-0.2, 0) is 4.79 Å². The quantitative estimate of drug-likeness (QED) is 0.917. The number of carbonyl (C=O) groups is 1. The van der Waals surface area contributed by atoms with Crippen LogP contribution in [0.4, 0.5) is 0 Å². The molecule has 0 aromatic heterocycles. The molecule has 1 N–H and O–H groups in total. The van der Waals surface area contributed by atoms with Crippen LogP contribution in [0.1, 0.15) is 49.4 Å². The lowest BCUT2D eigenvalue weighted by molar-refractivity contribution is -0.144. The molecule has 3 nitrogen and oxygen atoms in total. The first-order valence-corrected chi connectivity index (χ1v) is 7.46. The van der Waals surface area contributed by atoms with Crippen LogP contribution in [0.3, 0.4) is 0 Å². The van der Waals surface area contributed by atoms with Crippen LogP contribution in [0.5, 0.6) is 0 Å². The topological polar surface area (TPSA) is 40.5 Å². The normalized spacial score (nSPS) is 25.4. The first-order chi connectivity index (χ1) is 9.40. The molecular formula is C17H25NO2. The molecule has 0 aliphatic carbocycles. The van der Waals surface area contributed by atoms with Gasteiger partial charge < -0.3 is 5.11 Å². The van der Waals surface area contributed by atoms with Gasteiger partial charge in [-0.25, -0.2) is 0 Å². The van der Waals surface area contributed by atoms with Crippen molar-refractivity contribution in [3.8, 4) is 0 Å². The second-order valence-corrected chi connectivity index (χ2v) is 6.18. The van der Waals surface area contributed by atoms with Gasteiger partial charge in [-0.1, -0.05) is 23.8 Å². The van der Waals surface area contributed by atoms with E-state index in [1.54, 1.807) is 0 Å². The summed E-state index contributed by atoms with van der Waals surface area (Å²) < 4.78 is 0. The average Bonchev–Trinajstić information content (AvgIpc) is 2.40. The highest BCUT2D eigenvalue weighted by Crippen LogP contribution is 2.32. The van der Waals surface area contributed by atoms with E-state index in [9.17, 15) is 4.79 Å². The van der Waals surface area contributed by atoms with Gasteiger partial charge in [0.2, 0.25) is 0 Å². The van der Waals surface area contributed by atoms with Crippen LogP contribution in [0.2, 0.25) is 0 Å². The standard InChI is InChI=1S/C17H25NO2/c1-11-5-6-12(2)16(9-11)14(4)18-8-7-15(17(19)20)10-13(18)3/h5-6,9,13-15H,7-8,10H2,1-4H3,(H,19,20). The van der Waals surface area contributed by atoms with Gasteiger partial charge in [0, 0.05) is 12.1 Å². The first kappa shape index (κ1) is 15.0. The first-order valence-electron chi connectivity index (χ1n) is 7.46. The molecule has 1 fully saturated rings. The lowest BCUT2D eigenvalue weighted by atomic mass is 9.89. The number of carboxylic acids is 1. The van der Waals surface area contributed by atoms with Crippen molar-refractivity contribution < 1.29 is 9.90 Å². The van der Waals surface area contributed by atoms with Crippen molar-refractivity contribution in [2.45, 2.75) is 52.6 Å². The molecule has 1 aliphatic heterocycles. The van der Waals surface area contributed by atoms with Gasteiger partial charge in [-0.2, -0.15) is 0 Å². The van der Waals surface area contributed by atoms with Gasteiger partial charge in [0.1, 0.15) is 0 Å². The average molecular weight is 275 g/mol. The van der Waals surface area contributed by atoms with E-state index in [2.05, 4.69) is 50.8 Å². The lowest BCUT2D eigenvalue weighted by Crippen LogP contribution is -2.44. The van der Waals surface area contributed by atoms with Crippen molar-refractivity contribution >= 4 is 5.97 Å². The van der Waals surface area contributed by atoms with E-state index in [0.29, 0.717) is 12.1 Å². The van der Waals surface area contributed by atoms with Crippen molar-refractivity contribution in [3.05, 3.63) is 34.9 Å². The van der Waals surface area contributed by atoms with Crippen LogP contribution in [-0.4, -0.2) is 28.6 Å². The van der Waals surface area contributed by atoms with Crippen LogP contribution in [0.25, 0.3) is 0 Å². The second kappa shape index (κ2) is 5.96. The molecule has 1 saturated heterocycles. The number of benzene rings is 1. The second-order valence-electron chi connectivity index (χ2n) is 6.18. The van der Waals surface area contributed by atoms with Gasteiger partial charge >= 0.3 is 5.97 Å². The predicted molar refractivity (Wildman–Crippen MR) is 80.9 cm³/mol. The summed E-state index contributed by atoms with van der Waals surface area (Å²) in [6, 6.07) is 7.25. The third-order valence-corrected chi connectivity index (χ3v) is 4.66. The van der Waals surface area contributed by atoms with Crippen LogP contribution < -0.4 is 0 Å². The molecule has 3 atom stereocenters. The Kier molecular flexibility index (Phi) is 4.48. The lowest BCUT2D eigenvalue weighted by Gasteiger charge is -2.40. The van der Waals surface area contributed by atoms with Crippen LogP contribution >= 0.6 is 0 Å². The van der Waals surface area contributed by atoms with Crippen molar-refractivity contribution in [1.82, 2.24) is 4.90 Å². The Hall–Kier alpha value is -1.35. The molecule has 1 heterocycles. The van der Waals surface area contributed by atoms with E-state index < -0.39 is 5.97 Å². The molecule has 1 aromatic carbocycles. The van der Waals surface area contributed by atoms with Crippen molar-refractivity contribution in [2.24, 2.45) is 5.92 Å². The van der Waals surface area contributed by atoms with E-state index in [4.69, 9.17) is 5.11 Å². The monoisotopic (exact) mass is 275 g/mol. The van der Waals surface area contributed by atoms with Gasteiger partial charge in [0.15, 0.2) is 0 Å². The van der Waals surface area contributed by atoms with E-state index in [1.165, 1.54) is 16.7 Å². The number of aliphatic carboxylic acids is 1. The third kappa shape index (κ3) is 3.04. The van der Waals surface area contributed by atoms with Crippen molar-refractivity contribution in [3.63, 3.8) is 0 Å². The van der Waals surface area contributed by atoms with Gasteiger partial charge in [-0.15, -0.1) is 0 Å². The number of piperidine rings is 1. The Morgan fingerprint density at radius 1 is 1.40 bits per heavy atom. The van der Waals surface area contributed by atoms with Crippen LogP contribution in [0, 0.1) is 19.8 Å². The summed E-state index contributed by atoms with van der Waals surface area (Å²) in [4.78, 5) is 13.6. The zero-order chi connectivity index (χ0) is 14.9. The van der Waals surface area contributed by atoms with Crippen molar-refractivity contribution in [2.75, 3.05) is 6.54 Å². The molecule has 20 heavy (non-hydrogen) atoms. The number of nitrogens with zero attached hydrogens (tertiary/aromatic N) is 1. The van der Waals surface area contributed by atoms with E-state index in [-0.39, 0.29) is 5.92 Å². The summed E-state index contributed by atoms with van der Waals surface area (Å²) in [7, 11) is 0. The zero-order valence-corrected chi connectivity index (χ0v) is 12.9.